The number of rotatable bonds is 7. The second-order valence-electron chi connectivity index (χ2n) is 5.29. The van der Waals surface area contributed by atoms with E-state index in [1.54, 1.807) is 14.2 Å². The van der Waals surface area contributed by atoms with Crippen molar-refractivity contribution in [3.05, 3.63) is 30.2 Å². The van der Waals surface area contributed by atoms with Crippen LogP contribution in [0.3, 0.4) is 0 Å². The lowest BCUT2D eigenvalue weighted by molar-refractivity contribution is 0.395. The molecule has 2 N–H and O–H groups in total. The molecule has 0 spiro atoms. The molecule has 0 saturated heterocycles. The standard InChI is InChI=1S/C16H21N3O2/c1-20-12-5-6-13(15(9-12)21-2)14-10-18-16(19-14)7-8-17-11-3-4-11/h5-6,9-11,17H,3-4,7-8H2,1-2H3,(H,18,19). The summed E-state index contributed by atoms with van der Waals surface area (Å²) in [6, 6.07) is 6.52. The maximum absolute atomic E-state index is 5.43. The minimum atomic E-state index is 0.737. The number of hydrogen-bond donors (Lipinski definition) is 2. The molecule has 1 aromatic heterocycles. The molecule has 1 aliphatic carbocycles. The number of aromatic nitrogens is 2. The Kier molecular flexibility index (Phi) is 4.10. The largest absolute Gasteiger partial charge is 0.497 e. The molecule has 112 valence electrons. The molecule has 5 nitrogen and oxygen atoms in total. The number of imidazole rings is 1. The maximum atomic E-state index is 5.43. The first kappa shape index (κ1) is 13.9. The Hall–Kier alpha value is -2.01. The minimum absolute atomic E-state index is 0.737. The van der Waals surface area contributed by atoms with Crippen LogP contribution in [-0.4, -0.2) is 36.8 Å². The molecule has 1 saturated carbocycles. The molecule has 0 amide bonds. The fraction of sp³-hybridized carbons (Fsp3) is 0.438. The molecule has 0 radical (unpaired) electrons. The van der Waals surface area contributed by atoms with Crippen LogP contribution in [0.1, 0.15) is 18.7 Å². The Morgan fingerprint density at radius 1 is 1.29 bits per heavy atom. The third-order valence-corrected chi connectivity index (χ3v) is 3.70. The molecule has 1 aliphatic rings. The van der Waals surface area contributed by atoms with Gasteiger partial charge in [-0.1, -0.05) is 0 Å². The Morgan fingerprint density at radius 2 is 2.14 bits per heavy atom. The van der Waals surface area contributed by atoms with Crippen molar-refractivity contribution in [3.63, 3.8) is 0 Å². The lowest BCUT2D eigenvalue weighted by atomic mass is 10.1. The molecule has 2 aromatic rings. The van der Waals surface area contributed by atoms with Gasteiger partial charge in [-0.3, -0.25) is 0 Å². The zero-order valence-electron chi connectivity index (χ0n) is 12.5. The molecule has 0 aliphatic heterocycles. The summed E-state index contributed by atoms with van der Waals surface area (Å²) in [5.74, 6) is 2.56. The van der Waals surface area contributed by atoms with E-state index in [-0.39, 0.29) is 0 Å². The molecule has 1 heterocycles. The van der Waals surface area contributed by atoms with Gasteiger partial charge in [0.1, 0.15) is 17.3 Å². The van der Waals surface area contributed by atoms with Gasteiger partial charge in [-0.05, 0) is 25.0 Å². The van der Waals surface area contributed by atoms with E-state index in [2.05, 4.69) is 15.3 Å². The summed E-state index contributed by atoms with van der Waals surface area (Å²) in [5.41, 5.74) is 1.96. The van der Waals surface area contributed by atoms with Gasteiger partial charge in [0.25, 0.3) is 0 Å². The smallest absolute Gasteiger partial charge is 0.131 e. The van der Waals surface area contributed by atoms with Crippen molar-refractivity contribution in [3.8, 4) is 22.8 Å². The molecule has 3 rings (SSSR count). The summed E-state index contributed by atoms with van der Waals surface area (Å²) in [4.78, 5) is 7.81. The monoisotopic (exact) mass is 287 g/mol. The van der Waals surface area contributed by atoms with Gasteiger partial charge in [0.2, 0.25) is 0 Å². The number of hydrogen-bond acceptors (Lipinski definition) is 4. The first-order valence-corrected chi connectivity index (χ1v) is 7.30. The van der Waals surface area contributed by atoms with Gasteiger partial charge in [0, 0.05) is 30.6 Å². The van der Waals surface area contributed by atoms with Gasteiger partial charge in [0.15, 0.2) is 0 Å². The Bertz CT molecular complexity index is 605. The Labute approximate surface area is 124 Å². The van der Waals surface area contributed by atoms with Crippen LogP contribution in [0.2, 0.25) is 0 Å². The third kappa shape index (κ3) is 3.36. The van der Waals surface area contributed by atoms with Crippen molar-refractivity contribution in [2.75, 3.05) is 20.8 Å². The van der Waals surface area contributed by atoms with E-state index < -0.39 is 0 Å². The van der Waals surface area contributed by atoms with E-state index in [1.807, 2.05) is 24.4 Å². The Morgan fingerprint density at radius 3 is 2.86 bits per heavy atom. The van der Waals surface area contributed by atoms with E-state index >= 15 is 0 Å². The highest BCUT2D eigenvalue weighted by atomic mass is 16.5. The van der Waals surface area contributed by atoms with E-state index in [0.29, 0.717) is 0 Å². The van der Waals surface area contributed by atoms with Crippen LogP contribution in [0, 0.1) is 0 Å². The third-order valence-electron chi connectivity index (χ3n) is 3.70. The summed E-state index contributed by atoms with van der Waals surface area (Å²) in [5, 5.41) is 3.49. The van der Waals surface area contributed by atoms with Crippen LogP contribution in [-0.2, 0) is 6.42 Å². The van der Waals surface area contributed by atoms with Crippen LogP contribution in [0.15, 0.2) is 24.4 Å². The predicted octanol–water partition coefficient (Wildman–Crippen LogP) is 2.39. The van der Waals surface area contributed by atoms with Gasteiger partial charge in [-0.15, -0.1) is 0 Å². The number of aromatic amines is 1. The lowest BCUT2D eigenvalue weighted by Gasteiger charge is -2.08. The van der Waals surface area contributed by atoms with Crippen LogP contribution < -0.4 is 14.8 Å². The van der Waals surface area contributed by atoms with E-state index in [4.69, 9.17) is 9.47 Å². The van der Waals surface area contributed by atoms with Gasteiger partial charge < -0.3 is 19.8 Å². The van der Waals surface area contributed by atoms with Crippen molar-refractivity contribution >= 4 is 0 Å². The molecule has 5 heteroatoms. The molecule has 0 atom stereocenters. The highest BCUT2D eigenvalue weighted by Crippen LogP contribution is 2.32. The summed E-state index contributed by atoms with van der Waals surface area (Å²) < 4.78 is 10.7. The van der Waals surface area contributed by atoms with E-state index in [0.717, 1.165) is 47.6 Å². The van der Waals surface area contributed by atoms with Crippen LogP contribution in [0.5, 0.6) is 11.5 Å². The minimum Gasteiger partial charge on any atom is -0.497 e. The fourth-order valence-corrected chi connectivity index (χ4v) is 2.33. The molecule has 0 unspecified atom stereocenters. The first-order chi connectivity index (χ1) is 10.3. The summed E-state index contributed by atoms with van der Waals surface area (Å²) in [6.45, 7) is 0.970. The van der Waals surface area contributed by atoms with Gasteiger partial charge in [0.05, 0.1) is 26.1 Å². The predicted molar refractivity (Wildman–Crippen MR) is 81.9 cm³/mol. The van der Waals surface area contributed by atoms with Crippen LogP contribution in [0.25, 0.3) is 11.3 Å². The number of H-pyrrole nitrogens is 1. The quantitative estimate of drug-likeness (QED) is 0.821. The SMILES string of the molecule is COc1ccc(-c2cnc(CCNC3CC3)[nH]2)c(OC)c1. The number of nitrogens with zero attached hydrogens (tertiary/aromatic N) is 1. The molecule has 1 fully saturated rings. The van der Waals surface area contributed by atoms with E-state index in [9.17, 15) is 0 Å². The maximum Gasteiger partial charge on any atom is 0.131 e. The number of benzene rings is 1. The number of nitrogens with one attached hydrogen (secondary N) is 2. The molecule has 0 bridgehead atoms. The highest BCUT2D eigenvalue weighted by molar-refractivity contribution is 5.68. The Balaban J connectivity index is 1.72. The summed E-state index contributed by atoms with van der Waals surface area (Å²) >= 11 is 0. The second-order valence-corrected chi connectivity index (χ2v) is 5.29. The van der Waals surface area contributed by atoms with Crippen molar-refractivity contribution in [2.45, 2.75) is 25.3 Å². The van der Waals surface area contributed by atoms with Crippen molar-refractivity contribution < 1.29 is 9.47 Å². The summed E-state index contributed by atoms with van der Waals surface area (Å²) in [6.07, 6.45) is 5.39. The van der Waals surface area contributed by atoms with Crippen molar-refractivity contribution in [2.24, 2.45) is 0 Å². The fourth-order valence-electron chi connectivity index (χ4n) is 2.33. The second kappa shape index (κ2) is 6.18. The molecule has 1 aromatic carbocycles. The van der Waals surface area contributed by atoms with Gasteiger partial charge in [-0.2, -0.15) is 0 Å². The zero-order valence-corrected chi connectivity index (χ0v) is 12.5. The highest BCUT2D eigenvalue weighted by Gasteiger charge is 2.19. The first-order valence-electron chi connectivity index (χ1n) is 7.30. The zero-order chi connectivity index (χ0) is 14.7. The van der Waals surface area contributed by atoms with E-state index in [1.165, 1.54) is 12.8 Å². The molecule has 21 heavy (non-hydrogen) atoms. The normalized spacial score (nSPS) is 14.2. The van der Waals surface area contributed by atoms with Crippen LogP contribution in [0.4, 0.5) is 0 Å². The van der Waals surface area contributed by atoms with Crippen molar-refractivity contribution in [1.29, 1.82) is 0 Å². The topological polar surface area (TPSA) is 59.2 Å². The van der Waals surface area contributed by atoms with Gasteiger partial charge in [-0.25, -0.2) is 4.98 Å². The number of methoxy groups -OCH3 is 2. The molecular weight excluding hydrogens is 266 g/mol. The number of ether oxygens (including phenoxy) is 2. The average Bonchev–Trinajstić information content (AvgIpc) is 3.23. The van der Waals surface area contributed by atoms with Gasteiger partial charge >= 0.3 is 0 Å². The summed E-state index contributed by atoms with van der Waals surface area (Å²) in [7, 11) is 3.31. The van der Waals surface area contributed by atoms with Crippen molar-refractivity contribution in [1.82, 2.24) is 15.3 Å². The average molecular weight is 287 g/mol. The lowest BCUT2D eigenvalue weighted by Crippen LogP contribution is -2.19. The molecular formula is C16H21N3O2. The van der Waals surface area contributed by atoms with Crippen LogP contribution >= 0.6 is 0 Å².